The van der Waals surface area contributed by atoms with Crippen molar-refractivity contribution >= 4 is 74.4 Å². The number of hydrogen-bond acceptors (Lipinski definition) is 9. The quantitative estimate of drug-likeness (QED) is 0.174. The Morgan fingerprint density at radius 2 is 1.71 bits per heavy atom. The topological polar surface area (TPSA) is 163 Å². The van der Waals surface area contributed by atoms with E-state index in [1.165, 1.54) is 20.3 Å². The number of aliphatic carboxylic acids is 1. The van der Waals surface area contributed by atoms with Crippen LogP contribution >= 0.6 is 39.1 Å². The molecule has 0 spiro atoms. The number of likely N-dealkylation sites (tertiary alicyclic amines) is 1. The molecule has 1 saturated carbocycles. The number of aromatic hydroxyl groups is 1. The minimum absolute atomic E-state index is 0.0226. The van der Waals surface area contributed by atoms with Crippen molar-refractivity contribution in [3.8, 4) is 17.2 Å². The summed E-state index contributed by atoms with van der Waals surface area (Å²) >= 11 is 16.1. The van der Waals surface area contributed by atoms with Gasteiger partial charge in [-0.3, -0.25) is 34.3 Å². The molecule has 12 nitrogen and oxygen atoms in total. The van der Waals surface area contributed by atoms with Crippen LogP contribution in [0.25, 0.3) is 0 Å². The lowest BCUT2D eigenvalue weighted by Crippen LogP contribution is -2.53. The molecule has 2 heterocycles. The summed E-state index contributed by atoms with van der Waals surface area (Å²) in [6.45, 7) is -0.274. The molecule has 270 valence electrons. The van der Waals surface area contributed by atoms with Crippen molar-refractivity contribution in [1.82, 2.24) is 9.91 Å². The smallest absolute Gasteiger partial charge is 0.305 e. The summed E-state index contributed by atoms with van der Waals surface area (Å²) in [6, 6.07) is 14.7. The highest BCUT2D eigenvalue weighted by Crippen LogP contribution is 2.64. The molecule has 3 N–H and O–H groups in total. The highest BCUT2D eigenvalue weighted by Gasteiger charge is 2.70. The van der Waals surface area contributed by atoms with Crippen LogP contribution in [0.3, 0.4) is 0 Å². The monoisotopic (exact) mass is 811 g/mol. The molecule has 4 aliphatic rings. The largest absolute Gasteiger partial charge is 0.503 e. The summed E-state index contributed by atoms with van der Waals surface area (Å²) in [7, 11) is 2.90. The zero-order valence-electron chi connectivity index (χ0n) is 27.8. The molecule has 2 aliphatic heterocycles. The van der Waals surface area contributed by atoms with E-state index in [4.69, 9.17) is 32.7 Å². The van der Waals surface area contributed by atoms with E-state index < -0.39 is 71.0 Å². The van der Waals surface area contributed by atoms with Crippen LogP contribution in [0, 0.1) is 23.7 Å². The molecule has 2 saturated heterocycles. The summed E-state index contributed by atoms with van der Waals surface area (Å²) in [6.07, 6.45) is 1.65. The number of carbonyl (C=O) groups excluding carboxylic acids is 4. The molecular formula is C37H32BrCl2N3O9. The zero-order valence-corrected chi connectivity index (χ0v) is 30.9. The number of carbonyl (C=O) groups is 5. The molecule has 2 aliphatic carbocycles. The molecule has 3 fully saturated rings. The van der Waals surface area contributed by atoms with E-state index in [0.717, 1.165) is 9.91 Å². The van der Waals surface area contributed by atoms with Crippen LogP contribution in [0.5, 0.6) is 17.2 Å². The predicted octanol–water partition coefficient (Wildman–Crippen LogP) is 5.94. The lowest BCUT2D eigenvalue weighted by molar-refractivity contribution is -0.143. The van der Waals surface area contributed by atoms with Gasteiger partial charge in [-0.25, -0.2) is 0 Å². The molecule has 0 bridgehead atoms. The number of hydrogen-bond donors (Lipinski definition) is 3. The number of halogens is 3. The Labute approximate surface area is 316 Å². The number of rotatable bonds is 9. The molecule has 0 radical (unpaired) electrons. The standard InChI is InChI=1S/C37H32BrCl2N3O9/c1-51-20-6-3-18(4-7-20)37-24(34(48)43(36(37)50)41-27-10-5-19(39)15-26(27)40)16-23-21(31(37)17-13-25(38)32(46)28(14-17)52-2)8-9-22-30(23)35(49)42(33(22)47)12-11-29(44)45/h3-8,10,13-15,22-24,30-31,41,46H,9,11-12,16H2,1-2H3,(H,44,45)/t22-,23+,24-,30-,31-,37+/m0/s1. The van der Waals surface area contributed by atoms with Crippen LogP contribution in [0.4, 0.5) is 5.69 Å². The predicted molar refractivity (Wildman–Crippen MR) is 192 cm³/mol. The number of fused-ring (bicyclic) bond motifs is 4. The average molecular weight is 813 g/mol. The fraction of sp³-hybridized carbons (Fsp3) is 0.324. The van der Waals surface area contributed by atoms with Gasteiger partial charge in [-0.05, 0) is 88.3 Å². The highest BCUT2D eigenvalue weighted by atomic mass is 79.9. The Morgan fingerprint density at radius 3 is 2.37 bits per heavy atom. The first kappa shape index (κ1) is 35.8. The van der Waals surface area contributed by atoms with Crippen molar-refractivity contribution in [2.45, 2.75) is 30.6 Å². The molecule has 52 heavy (non-hydrogen) atoms. The Morgan fingerprint density at radius 1 is 0.981 bits per heavy atom. The van der Waals surface area contributed by atoms with Gasteiger partial charge < -0.3 is 19.7 Å². The van der Waals surface area contributed by atoms with Crippen LogP contribution in [0.15, 0.2) is 70.7 Å². The van der Waals surface area contributed by atoms with E-state index in [2.05, 4.69) is 21.4 Å². The number of hydrazine groups is 1. The number of allylic oxidation sites excluding steroid dienone is 2. The number of ether oxygens (including phenoxy) is 2. The van der Waals surface area contributed by atoms with E-state index in [-0.39, 0.29) is 46.1 Å². The number of carboxylic acids is 1. The number of phenols is 1. The highest BCUT2D eigenvalue weighted by molar-refractivity contribution is 9.10. The average Bonchev–Trinajstić information content (AvgIpc) is 3.49. The normalized spacial score (nSPS) is 26.5. The van der Waals surface area contributed by atoms with Crippen molar-refractivity contribution < 1.29 is 43.7 Å². The first-order valence-corrected chi connectivity index (χ1v) is 18.0. The maximum atomic E-state index is 15.4. The number of nitrogens with zero attached hydrogens (tertiary/aromatic N) is 2. The Hall–Kier alpha value is -4.59. The number of nitrogens with one attached hydrogen (secondary N) is 1. The van der Waals surface area contributed by atoms with Gasteiger partial charge in [-0.2, -0.15) is 5.01 Å². The number of amides is 4. The summed E-state index contributed by atoms with van der Waals surface area (Å²) in [5.74, 6) is -7.17. The van der Waals surface area contributed by atoms with Crippen LogP contribution in [0.2, 0.25) is 10.0 Å². The number of anilines is 1. The number of imide groups is 2. The van der Waals surface area contributed by atoms with Gasteiger partial charge in [0.1, 0.15) is 5.75 Å². The lowest BCUT2D eigenvalue weighted by atomic mass is 9.49. The Kier molecular flexibility index (Phi) is 9.25. The first-order chi connectivity index (χ1) is 24.8. The first-order valence-electron chi connectivity index (χ1n) is 16.4. The fourth-order valence-corrected chi connectivity index (χ4v) is 9.54. The van der Waals surface area contributed by atoms with E-state index in [9.17, 15) is 29.4 Å². The molecule has 3 aromatic carbocycles. The van der Waals surface area contributed by atoms with E-state index in [1.807, 2.05) is 6.08 Å². The summed E-state index contributed by atoms with van der Waals surface area (Å²) < 4.78 is 11.2. The van der Waals surface area contributed by atoms with Gasteiger partial charge in [0.25, 0.3) is 11.8 Å². The summed E-state index contributed by atoms with van der Waals surface area (Å²) in [5, 5.41) is 21.6. The van der Waals surface area contributed by atoms with Crippen molar-refractivity contribution in [2.24, 2.45) is 23.7 Å². The van der Waals surface area contributed by atoms with Gasteiger partial charge in [-0.15, -0.1) is 0 Å². The van der Waals surface area contributed by atoms with Crippen molar-refractivity contribution in [2.75, 3.05) is 26.2 Å². The van der Waals surface area contributed by atoms with Crippen LogP contribution in [0.1, 0.15) is 36.3 Å². The Bertz CT molecular complexity index is 2080. The van der Waals surface area contributed by atoms with Gasteiger partial charge in [0.2, 0.25) is 11.8 Å². The van der Waals surface area contributed by atoms with E-state index in [0.29, 0.717) is 27.5 Å². The third-order valence-corrected chi connectivity index (χ3v) is 12.0. The SMILES string of the molecule is COc1ccc([C@@]23C(=O)N(Nc4ccc(Cl)cc4Cl)C(=O)[C@@H]2C[C@@H]2C(=CC[C@@H]4C(=O)N(CCC(=O)O)C(=O)[C@@H]42)[C@@H]3c2cc(Br)c(O)c(OC)c2)cc1. The molecule has 6 atom stereocenters. The van der Waals surface area contributed by atoms with E-state index >= 15 is 4.79 Å². The molecule has 0 unspecified atom stereocenters. The molecular weight excluding hydrogens is 781 g/mol. The minimum atomic E-state index is -1.62. The number of benzene rings is 3. The maximum absolute atomic E-state index is 15.4. The second kappa shape index (κ2) is 13.4. The molecule has 4 amide bonds. The number of phenolic OH excluding ortho intramolecular Hbond substituents is 1. The van der Waals surface area contributed by atoms with Crippen molar-refractivity contribution in [3.05, 3.63) is 91.9 Å². The lowest BCUT2D eigenvalue weighted by Gasteiger charge is -2.50. The number of carboxylic acid groups (broad SMARTS) is 1. The summed E-state index contributed by atoms with van der Waals surface area (Å²) in [4.78, 5) is 70.3. The molecule has 7 rings (SSSR count). The van der Waals surface area contributed by atoms with Crippen LogP contribution in [-0.2, 0) is 29.4 Å². The maximum Gasteiger partial charge on any atom is 0.305 e. The fourth-order valence-electron chi connectivity index (χ4n) is 8.63. The van der Waals surface area contributed by atoms with Crippen LogP contribution in [-0.4, -0.2) is 70.5 Å². The van der Waals surface area contributed by atoms with Crippen molar-refractivity contribution in [1.29, 1.82) is 0 Å². The zero-order chi connectivity index (χ0) is 37.2. The van der Waals surface area contributed by atoms with Gasteiger partial charge >= 0.3 is 5.97 Å². The minimum Gasteiger partial charge on any atom is -0.503 e. The third-order valence-electron chi connectivity index (χ3n) is 10.8. The van der Waals surface area contributed by atoms with Gasteiger partial charge in [-0.1, -0.05) is 47.0 Å². The molecule has 0 aromatic heterocycles. The Balaban J connectivity index is 1.46. The summed E-state index contributed by atoms with van der Waals surface area (Å²) in [5.41, 5.74) is 3.24. The number of methoxy groups -OCH3 is 2. The van der Waals surface area contributed by atoms with Gasteiger partial charge in [0.05, 0.1) is 59.0 Å². The molecule has 15 heteroatoms. The third kappa shape index (κ3) is 5.43. The second-order valence-electron chi connectivity index (χ2n) is 13.2. The van der Waals surface area contributed by atoms with Crippen molar-refractivity contribution in [3.63, 3.8) is 0 Å². The van der Waals surface area contributed by atoms with Gasteiger partial charge in [0.15, 0.2) is 11.5 Å². The van der Waals surface area contributed by atoms with Gasteiger partial charge in [0, 0.05) is 17.5 Å². The molecule has 3 aromatic rings. The van der Waals surface area contributed by atoms with E-state index in [1.54, 1.807) is 48.5 Å². The second-order valence-corrected chi connectivity index (χ2v) is 14.9. The van der Waals surface area contributed by atoms with Crippen LogP contribution < -0.4 is 14.9 Å².